The Morgan fingerprint density at radius 1 is 0.533 bits per heavy atom. The van der Waals surface area contributed by atoms with Crippen LogP contribution in [-0.4, -0.2) is 45.7 Å². The summed E-state index contributed by atoms with van der Waals surface area (Å²) in [6.07, 6.45) is 0. The number of ether oxygens (including phenoxy) is 1. The Hall–Kier alpha value is 2.06. The summed E-state index contributed by atoms with van der Waals surface area (Å²) in [5, 5.41) is 0. The van der Waals surface area contributed by atoms with Gasteiger partial charge in [0.05, 0.1) is 11.2 Å². The fourth-order valence-corrected chi connectivity index (χ4v) is 3.74. The van der Waals surface area contributed by atoms with Gasteiger partial charge in [0.2, 0.25) is 0 Å². The molecule has 0 rings (SSSR count). The Labute approximate surface area is 125 Å². The summed E-state index contributed by atoms with van der Waals surface area (Å²) in [5.41, 5.74) is -0.882. The lowest BCUT2D eigenvalue weighted by atomic mass is 10.1. The molecule has 0 aromatic carbocycles. The molecule has 0 bridgehead atoms. The van der Waals surface area contributed by atoms with Crippen molar-refractivity contribution in [3.8, 4) is 0 Å². The fraction of sp³-hybridized carbons (Fsp3) is 1.00. The molecule has 0 atom stereocenters. The molecule has 0 aromatic rings. The zero-order valence-corrected chi connectivity index (χ0v) is 13.7. The molecular formula is C8H18OS6. The molecule has 0 saturated carbocycles. The third-order valence-electron chi connectivity index (χ3n) is 2.16. The molecule has 0 saturated heterocycles. The summed E-state index contributed by atoms with van der Waals surface area (Å²) >= 11 is 25.8. The molecule has 0 spiro atoms. The topological polar surface area (TPSA) is 9.23 Å². The van der Waals surface area contributed by atoms with Crippen LogP contribution in [0.1, 0.15) is 0 Å². The third-order valence-corrected chi connectivity index (χ3v) is 5.62. The van der Waals surface area contributed by atoms with Crippen LogP contribution >= 0.6 is 75.8 Å². The largest absolute Gasteiger partial charge is 0.363 e. The first kappa shape index (κ1) is 17.1. The molecule has 0 fully saturated rings. The summed E-state index contributed by atoms with van der Waals surface area (Å²) in [7, 11) is 0. The van der Waals surface area contributed by atoms with E-state index in [0.717, 1.165) is 0 Å². The summed E-state index contributed by atoms with van der Waals surface area (Å²) in [6, 6.07) is 0. The van der Waals surface area contributed by atoms with Crippen LogP contribution in [0.15, 0.2) is 0 Å². The van der Waals surface area contributed by atoms with E-state index in [2.05, 4.69) is 75.8 Å². The monoisotopic (exact) mass is 322 g/mol. The average molecular weight is 323 g/mol. The molecule has 0 aliphatic rings. The highest BCUT2D eigenvalue weighted by Crippen LogP contribution is 2.28. The molecule has 0 heterocycles. The quantitative estimate of drug-likeness (QED) is 0.375. The number of rotatable bonds is 8. The van der Waals surface area contributed by atoms with E-state index in [1.807, 2.05) is 0 Å². The molecule has 7 heteroatoms. The van der Waals surface area contributed by atoms with Crippen LogP contribution in [0, 0.1) is 0 Å². The predicted molar refractivity (Wildman–Crippen MR) is 89.7 cm³/mol. The lowest BCUT2D eigenvalue weighted by Crippen LogP contribution is -2.52. The van der Waals surface area contributed by atoms with E-state index in [0.29, 0.717) is 34.5 Å². The standard InChI is InChI=1S/C8H18OS6/c10-1-7(2-11,3-12)9-8(4-13,5-14)6-15/h10-15H,1-6H2. The number of thiol groups is 6. The second-order valence-corrected chi connectivity index (χ2v) is 5.31. The van der Waals surface area contributed by atoms with Crippen LogP contribution in [0.5, 0.6) is 0 Å². The SMILES string of the molecule is SCC(CS)(CS)OC(CS)(CS)CS. The molecule has 0 N–H and O–H groups in total. The van der Waals surface area contributed by atoms with Gasteiger partial charge in [-0.3, -0.25) is 0 Å². The second kappa shape index (κ2) is 8.21. The average Bonchev–Trinajstić information content (AvgIpc) is 2.33. The molecule has 92 valence electrons. The smallest absolute Gasteiger partial charge is 0.0953 e. The first-order valence-corrected chi connectivity index (χ1v) is 8.22. The molecule has 1 nitrogen and oxygen atoms in total. The molecule has 0 unspecified atom stereocenters. The molecule has 0 aliphatic carbocycles. The van der Waals surface area contributed by atoms with E-state index < -0.39 is 11.2 Å². The van der Waals surface area contributed by atoms with E-state index in [-0.39, 0.29) is 0 Å². The number of hydrogen-bond donors (Lipinski definition) is 6. The maximum atomic E-state index is 6.06. The van der Waals surface area contributed by atoms with E-state index in [4.69, 9.17) is 4.74 Å². The summed E-state index contributed by atoms with van der Waals surface area (Å²) < 4.78 is 6.06. The van der Waals surface area contributed by atoms with Gasteiger partial charge in [-0.15, -0.1) is 0 Å². The molecule has 0 aliphatic heterocycles. The van der Waals surface area contributed by atoms with E-state index in [1.54, 1.807) is 0 Å². The van der Waals surface area contributed by atoms with Crippen molar-refractivity contribution in [2.24, 2.45) is 0 Å². The minimum absolute atomic E-state index is 0.441. The van der Waals surface area contributed by atoms with Gasteiger partial charge in [-0.1, -0.05) is 0 Å². The Kier molecular flexibility index (Phi) is 9.34. The van der Waals surface area contributed by atoms with Gasteiger partial charge in [0, 0.05) is 34.5 Å². The van der Waals surface area contributed by atoms with Crippen LogP contribution in [0.3, 0.4) is 0 Å². The summed E-state index contributed by atoms with van der Waals surface area (Å²) in [4.78, 5) is 0. The zero-order chi connectivity index (χ0) is 11.9. The lowest BCUT2D eigenvalue weighted by molar-refractivity contribution is -0.0840. The minimum Gasteiger partial charge on any atom is -0.363 e. The van der Waals surface area contributed by atoms with Crippen LogP contribution < -0.4 is 0 Å². The van der Waals surface area contributed by atoms with Crippen LogP contribution in [0.4, 0.5) is 0 Å². The van der Waals surface area contributed by atoms with Crippen molar-refractivity contribution in [2.45, 2.75) is 11.2 Å². The van der Waals surface area contributed by atoms with Crippen molar-refractivity contribution in [1.29, 1.82) is 0 Å². The van der Waals surface area contributed by atoms with Gasteiger partial charge in [0.15, 0.2) is 0 Å². The van der Waals surface area contributed by atoms with Gasteiger partial charge in [0.25, 0.3) is 0 Å². The van der Waals surface area contributed by atoms with Gasteiger partial charge >= 0.3 is 0 Å². The van der Waals surface area contributed by atoms with Gasteiger partial charge in [-0.05, 0) is 0 Å². The Morgan fingerprint density at radius 2 is 0.733 bits per heavy atom. The van der Waals surface area contributed by atoms with Crippen molar-refractivity contribution in [1.82, 2.24) is 0 Å². The van der Waals surface area contributed by atoms with Gasteiger partial charge in [-0.2, -0.15) is 75.8 Å². The lowest BCUT2D eigenvalue weighted by Gasteiger charge is -2.40. The highest BCUT2D eigenvalue weighted by atomic mass is 32.1. The van der Waals surface area contributed by atoms with Crippen LogP contribution in [0.25, 0.3) is 0 Å². The minimum atomic E-state index is -0.441. The van der Waals surface area contributed by atoms with E-state index in [9.17, 15) is 0 Å². The first-order chi connectivity index (χ1) is 7.07. The van der Waals surface area contributed by atoms with E-state index in [1.165, 1.54) is 0 Å². The van der Waals surface area contributed by atoms with Gasteiger partial charge in [0.1, 0.15) is 0 Å². The molecule has 0 amide bonds. The molecule has 0 radical (unpaired) electrons. The Bertz CT molecular complexity index is 134. The second-order valence-electron chi connectivity index (χ2n) is 3.42. The molecule has 15 heavy (non-hydrogen) atoms. The van der Waals surface area contributed by atoms with Crippen molar-refractivity contribution in [3.05, 3.63) is 0 Å². The number of hydrogen-bond acceptors (Lipinski definition) is 7. The van der Waals surface area contributed by atoms with Crippen LogP contribution in [-0.2, 0) is 4.74 Å². The van der Waals surface area contributed by atoms with Gasteiger partial charge in [-0.25, -0.2) is 0 Å². The Morgan fingerprint density at radius 3 is 0.867 bits per heavy atom. The summed E-state index contributed by atoms with van der Waals surface area (Å²) in [5.74, 6) is 3.40. The fourth-order valence-electron chi connectivity index (χ4n) is 0.953. The molecule has 0 aromatic heterocycles. The van der Waals surface area contributed by atoms with E-state index >= 15 is 0 Å². The third kappa shape index (κ3) is 4.67. The zero-order valence-electron chi connectivity index (χ0n) is 8.33. The van der Waals surface area contributed by atoms with Crippen molar-refractivity contribution >= 4 is 75.8 Å². The van der Waals surface area contributed by atoms with Crippen molar-refractivity contribution in [3.63, 3.8) is 0 Å². The van der Waals surface area contributed by atoms with Crippen molar-refractivity contribution in [2.75, 3.05) is 34.5 Å². The highest BCUT2D eigenvalue weighted by Gasteiger charge is 2.37. The predicted octanol–water partition coefficient (Wildman–Crippen LogP) is 2.06. The van der Waals surface area contributed by atoms with Gasteiger partial charge < -0.3 is 4.74 Å². The highest BCUT2D eigenvalue weighted by molar-refractivity contribution is 7.82. The molecular weight excluding hydrogens is 304 g/mol. The normalized spacial score (nSPS) is 13.2. The first-order valence-electron chi connectivity index (χ1n) is 4.43. The van der Waals surface area contributed by atoms with Crippen LogP contribution in [0.2, 0.25) is 0 Å². The Balaban J connectivity index is 4.74. The summed E-state index contributed by atoms with van der Waals surface area (Å²) in [6.45, 7) is 0. The van der Waals surface area contributed by atoms with Crippen molar-refractivity contribution < 1.29 is 4.74 Å². The maximum absolute atomic E-state index is 6.06. The maximum Gasteiger partial charge on any atom is 0.0953 e.